The van der Waals surface area contributed by atoms with E-state index in [1.807, 2.05) is 36.2 Å². The van der Waals surface area contributed by atoms with Gasteiger partial charge in [0.2, 0.25) is 5.89 Å². The summed E-state index contributed by atoms with van der Waals surface area (Å²) in [5, 5.41) is 14.0. The highest BCUT2D eigenvalue weighted by Gasteiger charge is 2.28. The number of carbonyl (C=O) groups excluding carboxylic acids is 1. The van der Waals surface area contributed by atoms with Crippen LogP contribution < -0.4 is 21.3 Å². The smallest absolute Gasteiger partial charge is 0.407 e. The van der Waals surface area contributed by atoms with Gasteiger partial charge in [-0.15, -0.1) is 10.2 Å². The van der Waals surface area contributed by atoms with Gasteiger partial charge >= 0.3 is 6.09 Å². The first-order chi connectivity index (χ1) is 16.6. The van der Waals surface area contributed by atoms with E-state index >= 15 is 0 Å². The molecule has 3 heterocycles. The van der Waals surface area contributed by atoms with Crippen LogP contribution in [0.5, 0.6) is 0 Å². The highest BCUT2D eigenvalue weighted by atomic mass is 16.6. The van der Waals surface area contributed by atoms with Gasteiger partial charge in [-0.1, -0.05) is 12.1 Å². The minimum atomic E-state index is -0.467. The van der Waals surface area contributed by atoms with Gasteiger partial charge in [0, 0.05) is 38.7 Å². The first kappa shape index (κ1) is 23.4. The van der Waals surface area contributed by atoms with Crippen LogP contribution in [0.4, 0.5) is 16.4 Å². The summed E-state index contributed by atoms with van der Waals surface area (Å²) in [5.74, 6) is 1.33. The number of nitrogen functional groups attached to an aromatic ring is 1. The summed E-state index contributed by atoms with van der Waals surface area (Å²) < 4.78 is 16.2. The molecule has 34 heavy (non-hydrogen) atoms. The third-order valence-corrected chi connectivity index (χ3v) is 5.32. The lowest BCUT2D eigenvalue weighted by Gasteiger charge is -2.18. The van der Waals surface area contributed by atoms with E-state index in [1.165, 1.54) is 0 Å². The number of ether oxygens (including phenoxy) is 2. The zero-order valence-corrected chi connectivity index (χ0v) is 19.2. The van der Waals surface area contributed by atoms with Crippen molar-refractivity contribution in [3.05, 3.63) is 36.0 Å². The molecule has 0 spiro atoms. The number of carbonyl (C=O) groups is 1. The quantitative estimate of drug-likeness (QED) is 0.391. The molecular weight excluding hydrogens is 440 g/mol. The van der Waals surface area contributed by atoms with Crippen molar-refractivity contribution < 1.29 is 18.7 Å². The van der Waals surface area contributed by atoms with Gasteiger partial charge in [0.05, 0.1) is 19.3 Å². The van der Waals surface area contributed by atoms with Gasteiger partial charge in [0.1, 0.15) is 11.9 Å². The summed E-state index contributed by atoms with van der Waals surface area (Å²) in [5.41, 5.74) is 8.31. The van der Waals surface area contributed by atoms with Crippen LogP contribution >= 0.6 is 0 Å². The van der Waals surface area contributed by atoms with Gasteiger partial charge in [-0.05, 0) is 24.7 Å². The average molecular weight is 469 g/mol. The fourth-order valence-electron chi connectivity index (χ4n) is 3.58. The van der Waals surface area contributed by atoms with Gasteiger partial charge < -0.3 is 35.2 Å². The van der Waals surface area contributed by atoms with Crippen LogP contribution in [0.3, 0.4) is 0 Å². The number of anilines is 2. The summed E-state index contributed by atoms with van der Waals surface area (Å²) >= 11 is 0. The van der Waals surface area contributed by atoms with Crippen molar-refractivity contribution in [2.75, 3.05) is 51.0 Å². The van der Waals surface area contributed by atoms with Crippen molar-refractivity contribution in [1.29, 1.82) is 0 Å². The van der Waals surface area contributed by atoms with Crippen molar-refractivity contribution in [1.82, 2.24) is 30.8 Å². The lowest BCUT2D eigenvalue weighted by Crippen LogP contribution is -2.32. The zero-order valence-electron chi connectivity index (χ0n) is 19.2. The Kier molecular flexibility index (Phi) is 7.50. The maximum absolute atomic E-state index is 11.9. The molecule has 1 aliphatic rings. The van der Waals surface area contributed by atoms with Crippen LogP contribution in [0.25, 0.3) is 23.0 Å². The number of hydrogen-bond donors (Lipinski definition) is 3. The molecular formula is C22H28N8O4. The Bertz CT molecular complexity index is 1100. The van der Waals surface area contributed by atoms with E-state index in [4.69, 9.17) is 19.6 Å². The highest BCUT2D eigenvalue weighted by molar-refractivity contribution is 5.68. The minimum Gasteiger partial charge on any atom is -0.444 e. The third kappa shape index (κ3) is 5.58. The molecule has 1 fully saturated rings. The molecule has 1 amide bonds. The number of amides is 1. The van der Waals surface area contributed by atoms with Gasteiger partial charge in [0.15, 0.2) is 11.5 Å². The Balaban J connectivity index is 1.43. The van der Waals surface area contributed by atoms with Crippen molar-refractivity contribution in [3.63, 3.8) is 0 Å². The molecule has 12 heteroatoms. The minimum absolute atomic E-state index is 0.186. The van der Waals surface area contributed by atoms with Crippen molar-refractivity contribution in [2.45, 2.75) is 19.1 Å². The van der Waals surface area contributed by atoms with Crippen LogP contribution in [-0.4, -0.2) is 72.8 Å². The number of nitrogens with two attached hydrogens (primary N) is 1. The number of aromatic nitrogens is 4. The van der Waals surface area contributed by atoms with E-state index in [-0.39, 0.29) is 17.8 Å². The molecule has 3 aromatic rings. The molecule has 1 atom stereocenters. The van der Waals surface area contributed by atoms with Gasteiger partial charge in [-0.3, -0.25) is 0 Å². The van der Waals surface area contributed by atoms with Crippen molar-refractivity contribution in [3.8, 4) is 23.0 Å². The van der Waals surface area contributed by atoms with E-state index < -0.39 is 6.09 Å². The third-order valence-electron chi connectivity index (χ3n) is 5.32. The zero-order chi connectivity index (χ0) is 23.9. The summed E-state index contributed by atoms with van der Waals surface area (Å²) in [6.45, 7) is 2.74. The van der Waals surface area contributed by atoms with E-state index in [9.17, 15) is 4.79 Å². The fraction of sp³-hybridized carbons (Fsp3) is 0.409. The molecule has 0 radical (unpaired) electrons. The monoisotopic (exact) mass is 468 g/mol. The largest absolute Gasteiger partial charge is 0.444 e. The predicted molar refractivity (Wildman–Crippen MR) is 125 cm³/mol. The average Bonchev–Trinajstić information content (AvgIpc) is 3.51. The van der Waals surface area contributed by atoms with Gasteiger partial charge in [0.25, 0.3) is 5.89 Å². The standard InChI is InChI=1S/C22H28N8O4/c1-24-11-14-3-5-15(6-4-14)20-28-29-21(34-20)18-19(23)26-12-17(27-18)30-9-7-16(13-30)33-22(31)25-8-10-32-2/h3-6,12,16,24H,7-11,13H2,1-2H3,(H2,23,26)(H,25,31)/t16-/m0/s1. The number of hydrogen-bond acceptors (Lipinski definition) is 11. The van der Waals surface area contributed by atoms with Crippen molar-refractivity contribution >= 4 is 17.7 Å². The molecule has 1 aliphatic heterocycles. The summed E-state index contributed by atoms with van der Waals surface area (Å²) in [6, 6.07) is 7.83. The lowest BCUT2D eigenvalue weighted by molar-refractivity contribution is 0.104. The molecule has 0 unspecified atom stereocenters. The number of nitrogens with one attached hydrogen (secondary N) is 2. The summed E-state index contributed by atoms with van der Waals surface area (Å²) in [7, 11) is 3.47. The molecule has 0 aliphatic carbocycles. The summed E-state index contributed by atoms with van der Waals surface area (Å²) in [6.07, 6.45) is 1.53. The maximum atomic E-state index is 11.9. The van der Waals surface area contributed by atoms with Crippen LogP contribution in [0.15, 0.2) is 34.9 Å². The molecule has 4 rings (SSSR count). The topological polar surface area (TPSA) is 154 Å². The van der Waals surface area contributed by atoms with Crippen LogP contribution in [0.2, 0.25) is 0 Å². The second-order valence-corrected chi connectivity index (χ2v) is 7.78. The maximum Gasteiger partial charge on any atom is 0.407 e. The Morgan fingerprint density at radius 3 is 2.82 bits per heavy atom. The lowest BCUT2D eigenvalue weighted by atomic mass is 10.1. The Labute approximate surface area is 196 Å². The predicted octanol–water partition coefficient (Wildman–Crippen LogP) is 1.45. The van der Waals surface area contributed by atoms with Gasteiger partial charge in [-0.2, -0.15) is 0 Å². The Morgan fingerprint density at radius 1 is 1.26 bits per heavy atom. The van der Waals surface area contributed by atoms with E-state index in [1.54, 1.807) is 13.3 Å². The summed E-state index contributed by atoms with van der Waals surface area (Å²) in [4.78, 5) is 22.7. The SMILES string of the molecule is CNCc1ccc(-c2nnc(-c3nc(N4CC[C@H](OC(=O)NCCOC)C4)cnc3N)o2)cc1. The number of benzene rings is 1. The number of rotatable bonds is 9. The van der Waals surface area contributed by atoms with E-state index in [0.717, 1.165) is 17.7 Å². The van der Waals surface area contributed by atoms with Crippen LogP contribution in [-0.2, 0) is 16.0 Å². The molecule has 12 nitrogen and oxygen atoms in total. The van der Waals surface area contributed by atoms with E-state index in [2.05, 4.69) is 30.8 Å². The van der Waals surface area contributed by atoms with Crippen LogP contribution in [0, 0.1) is 0 Å². The second-order valence-electron chi connectivity index (χ2n) is 7.78. The molecule has 2 aromatic heterocycles. The molecule has 0 bridgehead atoms. The number of nitrogens with zero attached hydrogens (tertiary/aromatic N) is 5. The first-order valence-corrected chi connectivity index (χ1v) is 11.0. The fourth-order valence-corrected chi connectivity index (χ4v) is 3.58. The molecule has 180 valence electrons. The van der Waals surface area contributed by atoms with Crippen molar-refractivity contribution in [2.24, 2.45) is 0 Å². The molecule has 4 N–H and O–H groups in total. The van der Waals surface area contributed by atoms with E-state index in [0.29, 0.717) is 50.1 Å². The number of alkyl carbamates (subject to hydrolysis) is 1. The highest BCUT2D eigenvalue weighted by Crippen LogP contribution is 2.28. The van der Waals surface area contributed by atoms with Crippen LogP contribution in [0.1, 0.15) is 12.0 Å². The molecule has 0 saturated carbocycles. The molecule has 1 aromatic carbocycles. The normalized spacial score (nSPS) is 15.5. The molecule has 1 saturated heterocycles. The first-order valence-electron chi connectivity index (χ1n) is 11.0. The van der Waals surface area contributed by atoms with Gasteiger partial charge in [-0.25, -0.2) is 14.8 Å². The number of methoxy groups -OCH3 is 1. The Morgan fingerprint density at radius 2 is 2.06 bits per heavy atom. The second kappa shape index (κ2) is 10.9. The Hall–Kier alpha value is -3.77.